The Morgan fingerprint density at radius 2 is 1.67 bits per heavy atom. The highest BCUT2D eigenvalue weighted by molar-refractivity contribution is 5.65. The number of benzene rings is 2. The van der Waals surface area contributed by atoms with E-state index in [1.54, 1.807) is 0 Å². The lowest BCUT2D eigenvalue weighted by atomic mass is 9.72. The van der Waals surface area contributed by atoms with Crippen molar-refractivity contribution in [3.05, 3.63) is 59.7 Å². The Kier molecular flexibility index (Phi) is 6.53. The zero-order valence-corrected chi connectivity index (χ0v) is 18.1. The highest BCUT2D eigenvalue weighted by Gasteiger charge is 2.39. The number of aliphatic hydroxyl groups is 1. The third-order valence-corrected chi connectivity index (χ3v) is 7.04. The average Bonchev–Trinajstić information content (AvgIpc) is 2.79. The van der Waals surface area contributed by atoms with Crippen LogP contribution in [0.2, 0.25) is 0 Å². The van der Waals surface area contributed by atoms with Gasteiger partial charge in [-0.3, -0.25) is 0 Å². The smallest absolute Gasteiger partial charge is 0.0991 e. The molecule has 4 rings (SSSR count). The molecule has 1 saturated heterocycles. The molecule has 4 nitrogen and oxygen atoms in total. The molecule has 1 N–H and O–H groups in total. The maximum absolute atomic E-state index is 11.6. The Labute approximate surface area is 180 Å². The minimum absolute atomic E-state index is 0.140. The molecular weight excluding hydrogens is 370 g/mol. The third-order valence-electron chi connectivity index (χ3n) is 7.04. The van der Waals surface area contributed by atoms with E-state index in [0.29, 0.717) is 5.56 Å². The molecule has 0 spiro atoms. The number of nitriles is 1. The van der Waals surface area contributed by atoms with Crippen molar-refractivity contribution in [1.29, 1.82) is 5.26 Å². The molecule has 0 bridgehead atoms. The first kappa shape index (κ1) is 21.1. The van der Waals surface area contributed by atoms with Gasteiger partial charge in [0.05, 0.1) is 17.2 Å². The molecule has 2 aliphatic rings. The van der Waals surface area contributed by atoms with Gasteiger partial charge < -0.3 is 14.9 Å². The molecule has 4 heteroatoms. The number of piperazine rings is 1. The van der Waals surface area contributed by atoms with Crippen LogP contribution in [0.1, 0.15) is 49.1 Å². The van der Waals surface area contributed by atoms with E-state index >= 15 is 0 Å². The molecular formula is C26H33N3O. The number of nitrogens with zero attached hydrogens (tertiary/aromatic N) is 3. The van der Waals surface area contributed by atoms with Gasteiger partial charge in [0.1, 0.15) is 0 Å². The van der Waals surface area contributed by atoms with E-state index in [9.17, 15) is 10.4 Å². The van der Waals surface area contributed by atoms with Crippen molar-refractivity contribution in [1.82, 2.24) is 9.80 Å². The van der Waals surface area contributed by atoms with Gasteiger partial charge in [0.15, 0.2) is 0 Å². The highest BCUT2D eigenvalue weighted by Crippen LogP contribution is 2.41. The van der Waals surface area contributed by atoms with Crippen LogP contribution < -0.4 is 0 Å². The van der Waals surface area contributed by atoms with E-state index in [1.807, 2.05) is 24.3 Å². The van der Waals surface area contributed by atoms with Crippen LogP contribution in [0.15, 0.2) is 48.5 Å². The maximum atomic E-state index is 11.6. The second-order valence-electron chi connectivity index (χ2n) is 9.14. The molecule has 2 fully saturated rings. The van der Waals surface area contributed by atoms with Gasteiger partial charge >= 0.3 is 0 Å². The first-order valence-electron chi connectivity index (χ1n) is 11.3. The van der Waals surface area contributed by atoms with Gasteiger partial charge in [0.25, 0.3) is 0 Å². The summed E-state index contributed by atoms with van der Waals surface area (Å²) >= 11 is 0. The predicted octanol–water partition coefficient (Wildman–Crippen LogP) is 4.25. The van der Waals surface area contributed by atoms with Crippen molar-refractivity contribution in [3.63, 3.8) is 0 Å². The number of rotatable bonds is 5. The zero-order valence-electron chi connectivity index (χ0n) is 18.1. The fraction of sp³-hybridized carbons (Fsp3) is 0.500. The van der Waals surface area contributed by atoms with E-state index < -0.39 is 5.60 Å². The molecule has 1 saturated carbocycles. The van der Waals surface area contributed by atoms with Crippen molar-refractivity contribution < 1.29 is 5.11 Å². The van der Waals surface area contributed by atoms with Crippen LogP contribution in [0, 0.1) is 11.3 Å². The lowest BCUT2D eigenvalue weighted by molar-refractivity contribution is -0.0337. The van der Waals surface area contributed by atoms with Gasteiger partial charge in [-0.2, -0.15) is 5.26 Å². The van der Waals surface area contributed by atoms with E-state index in [-0.39, 0.29) is 5.92 Å². The minimum Gasteiger partial charge on any atom is -0.389 e. The molecule has 0 amide bonds. The summed E-state index contributed by atoms with van der Waals surface area (Å²) in [5.41, 5.74) is 3.49. The number of likely N-dealkylation sites (N-methyl/N-ethyl adjacent to an activating group) is 1. The van der Waals surface area contributed by atoms with E-state index in [2.05, 4.69) is 47.2 Å². The first-order valence-corrected chi connectivity index (χ1v) is 11.3. The summed E-state index contributed by atoms with van der Waals surface area (Å²) in [5.74, 6) is 0.140. The summed E-state index contributed by atoms with van der Waals surface area (Å²) in [6, 6.07) is 18.7. The largest absolute Gasteiger partial charge is 0.389 e. The van der Waals surface area contributed by atoms with Crippen LogP contribution in [-0.4, -0.2) is 60.3 Å². The molecule has 1 aliphatic carbocycles. The molecule has 1 atom stereocenters. The molecule has 2 aromatic carbocycles. The van der Waals surface area contributed by atoms with Crippen LogP contribution >= 0.6 is 0 Å². The van der Waals surface area contributed by atoms with Crippen molar-refractivity contribution in [2.75, 3.05) is 39.8 Å². The van der Waals surface area contributed by atoms with Gasteiger partial charge in [-0.15, -0.1) is 0 Å². The van der Waals surface area contributed by atoms with Crippen molar-refractivity contribution >= 4 is 0 Å². The summed E-state index contributed by atoms with van der Waals surface area (Å²) in [4.78, 5) is 4.91. The Hall–Kier alpha value is -2.19. The van der Waals surface area contributed by atoms with Crippen LogP contribution in [0.4, 0.5) is 0 Å². The molecule has 2 aromatic rings. The normalized spacial score (nSPS) is 21.1. The Balaban J connectivity index is 1.58. The lowest BCUT2D eigenvalue weighted by Gasteiger charge is -2.43. The molecule has 0 aromatic heterocycles. The molecule has 30 heavy (non-hydrogen) atoms. The van der Waals surface area contributed by atoms with Crippen molar-refractivity contribution in [2.24, 2.45) is 0 Å². The topological polar surface area (TPSA) is 50.5 Å². The van der Waals surface area contributed by atoms with Crippen LogP contribution in [0.3, 0.4) is 0 Å². The lowest BCUT2D eigenvalue weighted by Crippen LogP contribution is -2.50. The third kappa shape index (κ3) is 4.75. The monoisotopic (exact) mass is 403 g/mol. The van der Waals surface area contributed by atoms with Gasteiger partial charge in [-0.25, -0.2) is 0 Å². The quantitative estimate of drug-likeness (QED) is 0.811. The second-order valence-corrected chi connectivity index (χ2v) is 9.14. The fourth-order valence-electron chi connectivity index (χ4n) is 5.06. The van der Waals surface area contributed by atoms with Crippen molar-refractivity contribution in [2.45, 2.75) is 43.6 Å². The Morgan fingerprint density at radius 3 is 2.33 bits per heavy atom. The second kappa shape index (κ2) is 9.31. The summed E-state index contributed by atoms with van der Waals surface area (Å²) < 4.78 is 0. The van der Waals surface area contributed by atoms with Gasteiger partial charge in [0, 0.05) is 38.6 Å². The SMILES string of the molecule is CN1CCN(CC(c2ccc(-c3cccc(C#N)c3)cc2)C2(O)CCCCC2)CC1. The van der Waals surface area contributed by atoms with Gasteiger partial charge in [0.2, 0.25) is 0 Å². The maximum Gasteiger partial charge on any atom is 0.0991 e. The van der Waals surface area contributed by atoms with Crippen molar-refractivity contribution in [3.8, 4) is 17.2 Å². The summed E-state index contributed by atoms with van der Waals surface area (Å²) in [6.07, 6.45) is 5.27. The van der Waals surface area contributed by atoms with E-state index in [0.717, 1.165) is 69.5 Å². The van der Waals surface area contributed by atoms with Crippen LogP contribution in [0.25, 0.3) is 11.1 Å². The van der Waals surface area contributed by atoms with Crippen LogP contribution in [0.5, 0.6) is 0 Å². The summed E-state index contributed by atoms with van der Waals surface area (Å²) in [7, 11) is 2.18. The standard InChI is InChI=1S/C26H33N3O/c1-28-14-16-29(17-15-28)20-25(26(30)12-3-2-4-13-26)23-10-8-22(9-11-23)24-7-5-6-21(18-24)19-27/h5-11,18,25,30H,2-4,12-17,20H2,1H3. The molecule has 158 valence electrons. The van der Waals surface area contributed by atoms with Crippen LogP contribution in [-0.2, 0) is 0 Å². The Bertz CT molecular complexity index is 872. The summed E-state index contributed by atoms with van der Waals surface area (Å²) in [6.45, 7) is 5.26. The fourth-order valence-corrected chi connectivity index (χ4v) is 5.06. The Morgan fingerprint density at radius 1 is 0.967 bits per heavy atom. The summed E-state index contributed by atoms with van der Waals surface area (Å²) in [5, 5.41) is 20.8. The molecule has 1 heterocycles. The minimum atomic E-state index is -0.607. The highest BCUT2D eigenvalue weighted by atomic mass is 16.3. The zero-order chi connectivity index (χ0) is 21.0. The van der Waals surface area contributed by atoms with Gasteiger partial charge in [-0.05, 0) is 48.7 Å². The van der Waals surface area contributed by atoms with Gasteiger partial charge in [-0.1, -0.05) is 55.7 Å². The number of hydrogen-bond donors (Lipinski definition) is 1. The van der Waals surface area contributed by atoms with E-state index in [4.69, 9.17) is 0 Å². The average molecular weight is 404 g/mol. The predicted molar refractivity (Wildman–Crippen MR) is 121 cm³/mol. The van der Waals surface area contributed by atoms with E-state index in [1.165, 1.54) is 12.0 Å². The molecule has 1 aliphatic heterocycles. The molecule has 0 radical (unpaired) electrons. The first-order chi connectivity index (χ1) is 14.6. The molecule has 1 unspecified atom stereocenters. The number of hydrogen-bond acceptors (Lipinski definition) is 4.